The molecule has 148 valence electrons. The average molecular weight is 363 g/mol. The lowest BCUT2D eigenvalue weighted by atomic mass is 10.0. The number of rotatable bonds is 17. The molecule has 0 heterocycles. The average Bonchev–Trinajstić information content (AvgIpc) is 2.64. The van der Waals surface area contributed by atoms with Crippen molar-refractivity contribution in [3.63, 3.8) is 0 Å². The van der Waals surface area contributed by atoms with E-state index in [1.165, 1.54) is 64.2 Å². The summed E-state index contributed by atoms with van der Waals surface area (Å²) in [4.78, 5) is 11.0. The smallest absolute Gasteiger partial charge is 0.305 e. The second-order valence-electron chi connectivity index (χ2n) is 7.34. The molecule has 3 heteroatoms. The van der Waals surface area contributed by atoms with Gasteiger partial charge < -0.3 is 9.84 Å². The highest BCUT2D eigenvalue weighted by Crippen LogP contribution is 2.16. The predicted molar refractivity (Wildman–Crippen MR) is 108 cm³/mol. The summed E-state index contributed by atoms with van der Waals surface area (Å²) >= 11 is 0. The van der Waals surface area contributed by atoms with E-state index in [1.54, 1.807) is 0 Å². The maximum atomic E-state index is 11.0. The summed E-state index contributed by atoms with van der Waals surface area (Å²) in [6.45, 7) is 2.75. The second kappa shape index (κ2) is 15.9. The molecule has 0 aliphatic heterocycles. The normalized spacial score (nSPS) is 12.2. The number of hydrogen-bond donors (Lipinski definition) is 1. The van der Waals surface area contributed by atoms with Crippen molar-refractivity contribution in [1.29, 1.82) is 0 Å². The molecule has 0 amide bonds. The number of hydrogen-bond acceptors (Lipinski definition) is 2. The van der Waals surface area contributed by atoms with Crippen LogP contribution in [0.5, 0.6) is 0 Å². The van der Waals surface area contributed by atoms with E-state index in [9.17, 15) is 4.79 Å². The highest BCUT2D eigenvalue weighted by molar-refractivity contribution is 5.67. The Kier molecular flexibility index (Phi) is 13.8. The van der Waals surface area contributed by atoms with Crippen LogP contribution < -0.4 is 0 Å². The molecular weight excluding hydrogens is 324 g/mol. The van der Waals surface area contributed by atoms with Crippen LogP contribution in [0.25, 0.3) is 0 Å². The fourth-order valence-electron chi connectivity index (χ4n) is 3.26. The fourth-order valence-corrected chi connectivity index (χ4v) is 3.26. The zero-order valence-electron chi connectivity index (χ0n) is 16.6. The molecule has 0 aliphatic carbocycles. The van der Waals surface area contributed by atoms with E-state index >= 15 is 0 Å². The van der Waals surface area contributed by atoms with Gasteiger partial charge in [0.15, 0.2) is 0 Å². The van der Waals surface area contributed by atoms with Gasteiger partial charge in [-0.3, -0.25) is 4.79 Å². The second-order valence-corrected chi connectivity index (χ2v) is 7.34. The number of aliphatic carboxylic acids is 1. The third-order valence-corrected chi connectivity index (χ3v) is 4.86. The summed E-state index contributed by atoms with van der Waals surface area (Å²) in [6.07, 6.45) is 15.1. The molecule has 0 radical (unpaired) electrons. The Hall–Kier alpha value is -1.35. The van der Waals surface area contributed by atoms with Crippen molar-refractivity contribution < 1.29 is 14.6 Å². The summed E-state index contributed by atoms with van der Waals surface area (Å²) in [7, 11) is 0. The minimum atomic E-state index is -0.772. The van der Waals surface area contributed by atoms with Gasteiger partial charge >= 0.3 is 5.97 Å². The van der Waals surface area contributed by atoms with E-state index in [-0.39, 0.29) is 12.5 Å². The Labute approximate surface area is 160 Å². The molecule has 0 saturated heterocycles. The molecular formula is C23H38O3. The molecule has 1 N–H and O–H groups in total. The van der Waals surface area contributed by atoms with E-state index in [0.717, 1.165) is 18.4 Å². The first kappa shape index (κ1) is 22.7. The summed E-state index contributed by atoms with van der Waals surface area (Å²) in [6, 6.07) is 9.97. The Morgan fingerprint density at radius 3 is 1.96 bits per heavy atom. The van der Waals surface area contributed by atoms with Crippen molar-refractivity contribution >= 4 is 5.97 Å². The molecule has 1 rings (SSSR count). The highest BCUT2D eigenvalue weighted by Gasteiger charge is 2.13. The molecule has 0 spiro atoms. The topological polar surface area (TPSA) is 46.5 Å². The minimum absolute atomic E-state index is 0.102. The lowest BCUT2D eigenvalue weighted by Crippen LogP contribution is -2.17. The van der Waals surface area contributed by atoms with E-state index in [0.29, 0.717) is 6.61 Å². The molecule has 0 saturated carbocycles. The van der Waals surface area contributed by atoms with E-state index in [2.05, 4.69) is 6.92 Å². The Balaban J connectivity index is 2.05. The standard InChI is InChI=1S/C23H38O3/c1-2-3-4-5-6-7-8-9-10-11-15-18-22(19-23(24)25)26-20-21-16-13-12-14-17-21/h12-14,16-17,22H,2-11,15,18-20H2,1H3,(H,24,25)/t22-/m1/s1. The number of unbranched alkanes of at least 4 members (excludes halogenated alkanes) is 10. The van der Waals surface area contributed by atoms with Gasteiger partial charge in [-0.05, 0) is 12.0 Å². The van der Waals surface area contributed by atoms with Crippen molar-refractivity contribution in [2.75, 3.05) is 0 Å². The largest absolute Gasteiger partial charge is 0.481 e. The van der Waals surface area contributed by atoms with Crippen LogP contribution in [0.2, 0.25) is 0 Å². The van der Waals surface area contributed by atoms with Gasteiger partial charge in [-0.1, -0.05) is 108 Å². The Morgan fingerprint density at radius 2 is 1.42 bits per heavy atom. The fraction of sp³-hybridized carbons (Fsp3) is 0.696. The van der Waals surface area contributed by atoms with Crippen molar-refractivity contribution in [3.8, 4) is 0 Å². The molecule has 0 aromatic heterocycles. The lowest BCUT2D eigenvalue weighted by Gasteiger charge is -2.16. The van der Waals surface area contributed by atoms with Crippen LogP contribution in [0.4, 0.5) is 0 Å². The van der Waals surface area contributed by atoms with Gasteiger partial charge in [0.1, 0.15) is 0 Å². The molecule has 0 aliphatic rings. The molecule has 0 bridgehead atoms. The van der Waals surface area contributed by atoms with Gasteiger partial charge in [0, 0.05) is 0 Å². The van der Waals surface area contributed by atoms with Crippen LogP contribution in [-0.2, 0) is 16.1 Å². The van der Waals surface area contributed by atoms with Crippen molar-refractivity contribution in [2.45, 2.75) is 103 Å². The van der Waals surface area contributed by atoms with Gasteiger partial charge in [0.25, 0.3) is 0 Å². The molecule has 1 aromatic rings. The van der Waals surface area contributed by atoms with Gasteiger partial charge in [-0.2, -0.15) is 0 Å². The summed E-state index contributed by atoms with van der Waals surface area (Å²) < 4.78 is 5.85. The van der Waals surface area contributed by atoms with Crippen molar-refractivity contribution in [3.05, 3.63) is 35.9 Å². The first-order chi connectivity index (χ1) is 12.7. The molecule has 1 aromatic carbocycles. The SMILES string of the molecule is CCCCCCCCCCCCC[C@H](CC(=O)O)OCc1ccccc1. The third kappa shape index (κ3) is 12.9. The monoisotopic (exact) mass is 362 g/mol. The Bertz CT molecular complexity index is 444. The predicted octanol–water partition coefficient (Wildman–Crippen LogP) is 6.75. The van der Waals surface area contributed by atoms with Crippen molar-refractivity contribution in [2.24, 2.45) is 0 Å². The van der Waals surface area contributed by atoms with Gasteiger partial charge in [-0.15, -0.1) is 0 Å². The third-order valence-electron chi connectivity index (χ3n) is 4.86. The van der Waals surface area contributed by atoms with Crippen LogP contribution in [0.15, 0.2) is 30.3 Å². The highest BCUT2D eigenvalue weighted by atomic mass is 16.5. The van der Waals surface area contributed by atoms with Crippen molar-refractivity contribution in [1.82, 2.24) is 0 Å². The van der Waals surface area contributed by atoms with Crippen LogP contribution in [-0.4, -0.2) is 17.2 Å². The molecule has 26 heavy (non-hydrogen) atoms. The first-order valence-corrected chi connectivity index (χ1v) is 10.6. The zero-order valence-corrected chi connectivity index (χ0v) is 16.6. The summed E-state index contributed by atoms with van der Waals surface area (Å²) in [5.74, 6) is -0.772. The number of carboxylic acids is 1. The quantitative estimate of drug-likeness (QED) is 0.312. The van der Waals surface area contributed by atoms with Gasteiger partial charge in [0.2, 0.25) is 0 Å². The van der Waals surface area contributed by atoms with Gasteiger partial charge in [-0.25, -0.2) is 0 Å². The number of carbonyl (C=O) groups is 1. The number of carboxylic acid groups (broad SMARTS) is 1. The number of benzene rings is 1. The molecule has 1 atom stereocenters. The van der Waals surface area contributed by atoms with E-state index in [1.807, 2.05) is 30.3 Å². The summed E-state index contributed by atoms with van der Waals surface area (Å²) in [5, 5.41) is 9.08. The lowest BCUT2D eigenvalue weighted by molar-refractivity contribution is -0.140. The van der Waals surface area contributed by atoms with Crippen LogP contribution in [0.1, 0.15) is 96.0 Å². The van der Waals surface area contributed by atoms with E-state index < -0.39 is 5.97 Å². The van der Waals surface area contributed by atoms with Crippen LogP contribution >= 0.6 is 0 Å². The molecule has 0 fully saturated rings. The summed E-state index contributed by atoms with van der Waals surface area (Å²) in [5.41, 5.74) is 1.10. The van der Waals surface area contributed by atoms with E-state index in [4.69, 9.17) is 9.84 Å². The molecule has 0 unspecified atom stereocenters. The number of ether oxygens (including phenoxy) is 1. The van der Waals surface area contributed by atoms with Crippen LogP contribution in [0.3, 0.4) is 0 Å². The maximum absolute atomic E-state index is 11.0. The minimum Gasteiger partial charge on any atom is -0.481 e. The van der Waals surface area contributed by atoms with Gasteiger partial charge in [0.05, 0.1) is 19.1 Å². The first-order valence-electron chi connectivity index (χ1n) is 10.6. The van der Waals surface area contributed by atoms with Crippen LogP contribution in [0, 0.1) is 0 Å². The Morgan fingerprint density at radius 1 is 0.885 bits per heavy atom. The zero-order chi connectivity index (χ0) is 18.9. The maximum Gasteiger partial charge on any atom is 0.305 e. The molecule has 3 nitrogen and oxygen atoms in total.